The second-order valence-corrected chi connectivity index (χ2v) is 6.21. The summed E-state index contributed by atoms with van der Waals surface area (Å²) in [5.41, 5.74) is 0.389. The highest BCUT2D eigenvalue weighted by Gasteiger charge is 2.35. The molecule has 1 unspecified atom stereocenters. The van der Waals surface area contributed by atoms with E-state index >= 15 is 0 Å². The SMILES string of the molecule is CN1CCOC(CNCC2(N(C)C)CCCC2)C1. The first-order chi connectivity index (χ1) is 8.62. The van der Waals surface area contributed by atoms with Crippen molar-refractivity contribution < 1.29 is 4.74 Å². The van der Waals surface area contributed by atoms with Gasteiger partial charge in [0, 0.05) is 31.7 Å². The minimum absolute atomic E-state index is 0.365. The Labute approximate surface area is 112 Å². The van der Waals surface area contributed by atoms with Gasteiger partial charge in [0.2, 0.25) is 0 Å². The van der Waals surface area contributed by atoms with Crippen molar-refractivity contribution in [1.82, 2.24) is 15.1 Å². The van der Waals surface area contributed by atoms with E-state index in [1.165, 1.54) is 25.7 Å². The monoisotopic (exact) mass is 255 g/mol. The molecule has 0 aromatic carbocycles. The zero-order chi connectivity index (χ0) is 13.0. The first kappa shape index (κ1) is 14.3. The summed E-state index contributed by atoms with van der Waals surface area (Å²) in [5.74, 6) is 0. The first-order valence-corrected chi connectivity index (χ1v) is 7.31. The Morgan fingerprint density at radius 2 is 2.06 bits per heavy atom. The summed E-state index contributed by atoms with van der Waals surface area (Å²) in [6.45, 7) is 5.09. The molecule has 2 aliphatic rings. The van der Waals surface area contributed by atoms with Crippen LogP contribution in [0.3, 0.4) is 0 Å². The Balaban J connectivity index is 1.73. The molecule has 1 heterocycles. The van der Waals surface area contributed by atoms with E-state index in [1.54, 1.807) is 0 Å². The second-order valence-electron chi connectivity index (χ2n) is 6.21. The van der Waals surface area contributed by atoms with E-state index in [9.17, 15) is 0 Å². The Morgan fingerprint density at radius 3 is 2.67 bits per heavy atom. The highest BCUT2D eigenvalue weighted by Crippen LogP contribution is 2.33. The summed E-state index contributed by atoms with van der Waals surface area (Å²) in [6.07, 6.45) is 5.78. The summed E-state index contributed by atoms with van der Waals surface area (Å²) < 4.78 is 5.79. The Hall–Kier alpha value is -0.160. The number of hydrogen-bond donors (Lipinski definition) is 1. The number of ether oxygens (including phenoxy) is 1. The Morgan fingerprint density at radius 1 is 1.33 bits per heavy atom. The molecule has 0 aromatic rings. The van der Waals surface area contributed by atoms with Gasteiger partial charge in [-0.1, -0.05) is 12.8 Å². The van der Waals surface area contributed by atoms with Gasteiger partial charge in [-0.25, -0.2) is 0 Å². The number of nitrogens with zero attached hydrogens (tertiary/aromatic N) is 2. The third-order valence-corrected chi connectivity index (χ3v) is 4.65. The summed E-state index contributed by atoms with van der Waals surface area (Å²) >= 11 is 0. The van der Waals surface area contributed by atoms with Crippen LogP contribution < -0.4 is 5.32 Å². The number of nitrogens with one attached hydrogen (secondary N) is 1. The first-order valence-electron chi connectivity index (χ1n) is 7.31. The van der Waals surface area contributed by atoms with Gasteiger partial charge >= 0.3 is 0 Å². The van der Waals surface area contributed by atoms with Gasteiger partial charge in [-0.3, -0.25) is 0 Å². The standard InChI is InChI=1S/C14H29N3O/c1-16(2)14(6-4-5-7-14)12-15-10-13-11-17(3)8-9-18-13/h13,15H,4-12H2,1-3H3. The fourth-order valence-corrected chi connectivity index (χ4v) is 3.27. The van der Waals surface area contributed by atoms with Crippen LogP contribution in [0.1, 0.15) is 25.7 Å². The molecule has 106 valence electrons. The van der Waals surface area contributed by atoms with Gasteiger partial charge in [0.1, 0.15) is 0 Å². The molecule has 0 aromatic heterocycles. The number of likely N-dealkylation sites (N-methyl/N-ethyl adjacent to an activating group) is 2. The average Bonchev–Trinajstić information content (AvgIpc) is 2.79. The highest BCUT2D eigenvalue weighted by atomic mass is 16.5. The van der Waals surface area contributed by atoms with Crippen LogP contribution in [0.15, 0.2) is 0 Å². The number of rotatable bonds is 5. The van der Waals surface area contributed by atoms with Crippen molar-refractivity contribution in [3.05, 3.63) is 0 Å². The highest BCUT2D eigenvalue weighted by molar-refractivity contribution is 4.94. The largest absolute Gasteiger partial charge is 0.374 e. The molecular weight excluding hydrogens is 226 g/mol. The van der Waals surface area contributed by atoms with Crippen LogP contribution in [0, 0.1) is 0 Å². The molecule has 1 saturated heterocycles. The van der Waals surface area contributed by atoms with Gasteiger partial charge in [-0.2, -0.15) is 0 Å². The zero-order valence-corrected chi connectivity index (χ0v) is 12.2. The van der Waals surface area contributed by atoms with Crippen LogP contribution in [0.5, 0.6) is 0 Å². The summed E-state index contributed by atoms with van der Waals surface area (Å²) in [6, 6.07) is 0. The molecule has 1 saturated carbocycles. The maximum absolute atomic E-state index is 5.79. The maximum atomic E-state index is 5.79. The topological polar surface area (TPSA) is 27.7 Å². The smallest absolute Gasteiger partial charge is 0.0826 e. The van der Waals surface area contributed by atoms with Gasteiger partial charge in [0.05, 0.1) is 12.7 Å². The van der Waals surface area contributed by atoms with Gasteiger partial charge in [0.25, 0.3) is 0 Å². The summed E-state index contributed by atoms with van der Waals surface area (Å²) in [5, 5.41) is 3.65. The van der Waals surface area contributed by atoms with Crippen molar-refractivity contribution in [1.29, 1.82) is 0 Å². The lowest BCUT2D eigenvalue weighted by Gasteiger charge is -2.37. The third-order valence-electron chi connectivity index (χ3n) is 4.65. The van der Waals surface area contributed by atoms with E-state index in [4.69, 9.17) is 4.74 Å². The van der Waals surface area contributed by atoms with Crippen molar-refractivity contribution in [2.24, 2.45) is 0 Å². The van der Waals surface area contributed by atoms with Crippen LogP contribution in [0.25, 0.3) is 0 Å². The molecule has 2 fully saturated rings. The molecule has 2 rings (SSSR count). The van der Waals surface area contributed by atoms with E-state index in [0.717, 1.165) is 32.8 Å². The molecule has 0 amide bonds. The van der Waals surface area contributed by atoms with Crippen molar-refractivity contribution in [3.63, 3.8) is 0 Å². The summed E-state index contributed by atoms with van der Waals surface area (Å²) in [7, 11) is 6.61. The quantitative estimate of drug-likeness (QED) is 0.786. The fraction of sp³-hybridized carbons (Fsp3) is 1.00. The molecule has 1 atom stereocenters. The van der Waals surface area contributed by atoms with Crippen LogP contribution in [0.2, 0.25) is 0 Å². The maximum Gasteiger partial charge on any atom is 0.0826 e. The molecule has 1 N–H and O–H groups in total. The van der Waals surface area contributed by atoms with E-state index in [1.807, 2.05) is 0 Å². The lowest BCUT2D eigenvalue weighted by Crippen LogP contribution is -2.52. The minimum atomic E-state index is 0.365. The predicted octanol–water partition coefficient (Wildman–Crippen LogP) is 0.781. The molecule has 4 nitrogen and oxygen atoms in total. The van der Waals surface area contributed by atoms with E-state index in [2.05, 4.69) is 36.3 Å². The van der Waals surface area contributed by atoms with E-state index in [-0.39, 0.29) is 0 Å². The molecule has 4 heteroatoms. The van der Waals surface area contributed by atoms with Gasteiger partial charge in [-0.15, -0.1) is 0 Å². The molecule has 1 aliphatic carbocycles. The Bertz CT molecular complexity index is 251. The molecule has 0 radical (unpaired) electrons. The van der Waals surface area contributed by atoms with Crippen molar-refractivity contribution in [2.45, 2.75) is 37.3 Å². The van der Waals surface area contributed by atoms with Gasteiger partial charge in [-0.05, 0) is 34.0 Å². The van der Waals surface area contributed by atoms with Gasteiger partial charge < -0.3 is 19.9 Å². The normalized spacial score (nSPS) is 29.0. The van der Waals surface area contributed by atoms with E-state index < -0.39 is 0 Å². The van der Waals surface area contributed by atoms with Crippen molar-refractivity contribution in [3.8, 4) is 0 Å². The number of morpholine rings is 1. The molecule has 18 heavy (non-hydrogen) atoms. The summed E-state index contributed by atoms with van der Waals surface area (Å²) in [4.78, 5) is 4.77. The van der Waals surface area contributed by atoms with Crippen LogP contribution in [-0.2, 0) is 4.74 Å². The minimum Gasteiger partial charge on any atom is -0.374 e. The molecular formula is C14H29N3O. The second kappa shape index (κ2) is 6.33. The Kier molecular flexibility index (Phi) is 5.01. The average molecular weight is 255 g/mol. The molecule has 0 bridgehead atoms. The van der Waals surface area contributed by atoms with Crippen molar-refractivity contribution >= 4 is 0 Å². The molecule has 0 spiro atoms. The molecule has 1 aliphatic heterocycles. The zero-order valence-electron chi connectivity index (χ0n) is 12.2. The fourth-order valence-electron chi connectivity index (χ4n) is 3.27. The van der Waals surface area contributed by atoms with Crippen molar-refractivity contribution in [2.75, 3.05) is 53.9 Å². The van der Waals surface area contributed by atoms with Gasteiger partial charge in [0.15, 0.2) is 0 Å². The lowest BCUT2D eigenvalue weighted by molar-refractivity contribution is -0.0195. The predicted molar refractivity (Wildman–Crippen MR) is 75.0 cm³/mol. The van der Waals surface area contributed by atoms with Crippen LogP contribution in [-0.4, -0.2) is 75.4 Å². The van der Waals surface area contributed by atoms with Crippen LogP contribution >= 0.6 is 0 Å². The lowest BCUT2D eigenvalue weighted by atomic mass is 9.96. The van der Waals surface area contributed by atoms with Crippen LogP contribution in [0.4, 0.5) is 0 Å². The van der Waals surface area contributed by atoms with E-state index in [0.29, 0.717) is 11.6 Å². The third kappa shape index (κ3) is 3.44. The number of hydrogen-bond acceptors (Lipinski definition) is 4.